The van der Waals surface area contributed by atoms with Crippen molar-refractivity contribution in [2.24, 2.45) is 0 Å². The third-order valence-corrected chi connectivity index (χ3v) is 7.80. The summed E-state index contributed by atoms with van der Waals surface area (Å²) < 4.78 is 4.56. The van der Waals surface area contributed by atoms with Crippen molar-refractivity contribution in [2.45, 2.75) is 52.4 Å². The van der Waals surface area contributed by atoms with Crippen molar-refractivity contribution in [3.05, 3.63) is 53.3 Å². The number of halogens is 4. The molecule has 0 spiro atoms. The van der Waals surface area contributed by atoms with Crippen molar-refractivity contribution in [1.29, 1.82) is 0 Å². The van der Waals surface area contributed by atoms with Gasteiger partial charge >= 0.3 is 0 Å². The molecule has 0 bridgehead atoms. The van der Waals surface area contributed by atoms with E-state index in [2.05, 4.69) is 139 Å². The molecular weight excluding hydrogens is 624 g/mol. The maximum Gasteiger partial charge on any atom is 0.0905 e. The summed E-state index contributed by atoms with van der Waals surface area (Å²) in [6, 6.07) is 9.03. The third kappa shape index (κ3) is 5.07. The highest BCUT2D eigenvalue weighted by Gasteiger charge is 2.28. The number of benzene rings is 2. The van der Waals surface area contributed by atoms with Crippen molar-refractivity contribution in [3.63, 3.8) is 0 Å². The van der Waals surface area contributed by atoms with Gasteiger partial charge in [0.05, 0.1) is 18.0 Å². The van der Waals surface area contributed by atoms with Gasteiger partial charge in [0.2, 0.25) is 0 Å². The topological polar surface area (TPSA) is 6.48 Å². The molecule has 0 saturated carbocycles. The van der Waals surface area contributed by atoms with E-state index in [1.54, 1.807) is 0 Å². The minimum absolute atomic E-state index is 0.116. The number of hydrogen-bond donors (Lipinski definition) is 0. The molecule has 6 heteroatoms. The molecule has 0 radical (unpaired) electrons. The summed E-state index contributed by atoms with van der Waals surface area (Å²) in [5.74, 6) is 0. The largest absolute Gasteiger partial charge is 0.350 e. The molecule has 1 fully saturated rings. The summed E-state index contributed by atoms with van der Waals surface area (Å²) in [4.78, 5) is 4.86. The molecule has 1 aliphatic heterocycles. The second-order valence-corrected chi connectivity index (χ2v) is 13.2. The minimum Gasteiger partial charge on any atom is -0.350 e. The molecule has 0 amide bonds. The van der Waals surface area contributed by atoms with E-state index in [1.807, 2.05) is 0 Å². The second kappa shape index (κ2) is 8.48. The minimum atomic E-state index is 0.116. The normalized spacial score (nSPS) is 15.4. The summed E-state index contributed by atoms with van der Waals surface area (Å²) >= 11 is 15.3. The molecule has 2 aromatic carbocycles. The lowest BCUT2D eigenvalue weighted by molar-refractivity contribution is 0.589. The first kappa shape index (κ1) is 23.6. The Hall–Kier alpha value is -0.0400. The predicted molar refractivity (Wildman–Crippen MR) is 141 cm³/mol. The number of hydrogen-bond acceptors (Lipinski definition) is 2. The van der Waals surface area contributed by atoms with Crippen LogP contribution in [0.2, 0.25) is 0 Å². The maximum atomic E-state index is 3.83. The smallest absolute Gasteiger partial charge is 0.0905 e. The summed E-state index contributed by atoms with van der Waals surface area (Å²) in [7, 11) is 0. The quantitative estimate of drug-likeness (QED) is 0.321. The number of anilines is 2. The zero-order chi connectivity index (χ0) is 21.7. The van der Waals surface area contributed by atoms with E-state index in [0.717, 1.165) is 37.6 Å². The van der Waals surface area contributed by atoms with Crippen LogP contribution in [0.3, 0.4) is 0 Å². The van der Waals surface area contributed by atoms with Crippen LogP contribution in [0, 0.1) is 0 Å². The summed E-state index contributed by atoms with van der Waals surface area (Å²) in [5, 5.41) is 0. The molecular formula is C23H28Br4N2. The molecule has 1 aliphatic rings. The number of rotatable bonds is 2. The Morgan fingerprint density at radius 2 is 0.862 bits per heavy atom. The van der Waals surface area contributed by atoms with E-state index in [-0.39, 0.29) is 10.8 Å². The monoisotopic (exact) mass is 648 g/mol. The predicted octanol–water partition coefficient (Wildman–Crippen LogP) is 8.62. The fourth-order valence-electron chi connectivity index (χ4n) is 3.56. The van der Waals surface area contributed by atoms with E-state index < -0.39 is 0 Å². The lowest BCUT2D eigenvalue weighted by atomic mass is 9.87. The van der Waals surface area contributed by atoms with Crippen molar-refractivity contribution >= 4 is 75.1 Å². The van der Waals surface area contributed by atoms with Gasteiger partial charge in [-0.15, -0.1) is 0 Å². The summed E-state index contributed by atoms with van der Waals surface area (Å²) in [5.41, 5.74) is 5.31. The standard InChI is InChI=1S/C23H28Br4N2/c1-22(2,3)14-9-16(24)20(17(25)10-14)28-7-8-29(13-28)21-18(26)11-15(12-19(21)27)23(4,5)6/h9-12H,7-8,13H2,1-6H3. The highest BCUT2D eigenvalue weighted by atomic mass is 79.9. The van der Waals surface area contributed by atoms with Gasteiger partial charge < -0.3 is 9.80 Å². The fourth-order valence-corrected chi connectivity index (χ4v) is 6.93. The van der Waals surface area contributed by atoms with Crippen molar-refractivity contribution in [2.75, 3.05) is 29.6 Å². The van der Waals surface area contributed by atoms with E-state index in [9.17, 15) is 0 Å². The fraction of sp³-hybridized carbons (Fsp3) is 0.478. The SMILES string of the molecule is CC(C)(C)c1cc(Br)c(N2CCN(c3c(Br)cc(C(C)(C)C)cc3Br)C2)c(Br)c1. The highest BCUT2D eigenvalue weighted by molar-refractivity contribution is 9.11. The Kier molecular flexibility index (Phi) is 6.91. The summed E-state index contributed by atoms with van der Waals surface area (Å²) in [6.45, 7) is 16.3. The first-order valence-corrected chi connectivity index (χ1v) is 12.9. The zero-order valence-electron chi connectivity index (χ0n) is 17.8. The van der Waals surface area contributed by atoms with Crippen LogP contribution in [0.25, 0.3) is 0 Å². The van der Waals surface area contributed by atoms with Crippen molar-refractivity contribution in [1.82, 2.24) is 0 Å². The number of nitrogens with zero attached hydrogens (tertiary/aromatic N) is 2. The molecule has 29 heavy (non-hydrogen) atoms. The lowest BCUT2D eigenvalue weighted by Gasteiger charge is -2.28. The van der Waals surface area contributed by atoms with E-state index in [0.29, 0.717) is 0 Å². The molecule has 158 valence electrons. The molecule has 1 saturated heterocycles. The Bertz CT molecular complexity index is 804. The second-order valence-electron chi connectivity index (χ2n) is 9.75. The average molecular weight is 652 g/mol. The first-order valence-electron chi connectivity index (χ1n) is 9.78. The van der Waals surface area contributed by atoms with Gasteiger partial charge in [0.1, 0.15) is 0 Å². The van der Waals surface area contributed by atoms with E-state index in [1.165, 1.54) is 22.5 Å². The van der Waals surface area contributed by atoms with E-state index >= 15 is 0 Å². The van der Waals surface area contributed by atoms with Crippen LogP contribution in [0.4, 0.5) is 11.4 Å². The van der Waals surface area contributed by atoms with Gasteiger partial charge in [0, 0.05) is 31.0 Å². The van der Waals surface area contributed by atoms with Crippen LogP contribution in [-0.2, 0) is 10.8 Å². The lowest BCUT2D eigenvalue weighted by Crippen LogP contribution is -2.26. The Balaban J connectivity index is 1.90. The summed E-state index contributed by atoms with van der Waals surface area (Å²) in [6.07, 6.45) is 0. The molecule has 0 unspecified atom stereocenters. The van der Waals surface area contributed by atoms with Crippen LogP contribution in [0.15, 0.2) is 42.2 Å². The van der Waals surface area contributed by atoms with Gasteiger partial charge in [0.15, 0.2) is 0 Å². The average Bonchev–Trinajstić information content (AvgIpc) is 3.00. The van der Waals surface area contributed by atoms with Gasteiger partial charge in [-0.3, -0.25) is 0 Å². The maximum absolute atomic E-state index is 3.83. The third-order valence-electron chi connectivity index (χ3n) is 5.38. The molecule has 3 rings (SSSR count). The molecule has 0 aliphatic carbocycles. The Labute approximate surface area is 208 Å². The Morgan fingerprint density at radius 1 is 0.586 bits per heavy atom. The first-order chi connectivity index (χ1) is 13.3. The van der Waals surface area contributed by atoms with Crippen molar-refractivity contribution in [3.8, 4) is 0 Å². The van der Waals surface area contributed by atoms with Gasteiger partial charge in [-0.05, 0) is 110 Å². The van der Waals surface area contributed by atoms with Crippen LogP contribution in [0.5, 0.6) is 0 Å². The van der Waals surface area contributed by atoms with Gasteiger partial charge in [-0.1, -0.05) is 41.5 Å². The molecule has 1 heterocycles. The van der Waals surface area contributed by atoms with Crippen LogP contribution in [-0.4, -0.2) is 19.8 Å². The van der Waals surface area contributed by atoms with Gasteiger partial charge in [-0.2, -0.15) is 0 Å². The Morgan fingerprint density at radius 3 is 1.10 bits per heavy atom. The highest BCUT2D eigenvalue weighted by Crippen LogP contribution is 2.43. The molecule has 0 atom stereocenters. The van der Waals surface area contributed by atoms with Crippen LogP contribution < -0.4 is 9.80 Å². The van der Waals surface area contributed by atoms with Gasteiger partial charge in [0.25, 0.3) is 0 Å². The van der Waals surface area contributed by atoms with Crippen LogP contribution in [0.1, 0.15) is 52.7 Å². The molecule has 0 aromatic heterocycles. The van der Waals surface area contributed by atoms with E-state index in [4.69, 9.17) is 0 Å². The molecule has 0 N–H and O–H groups in total. The van der Waals surface area contributed by atoms with Crippen LogP contribution >= 0.6 is 63.7 Å². The molecule has 2 nitrogen and oxygen atoms in total. The molecule has 2 aromatic rings. The zero-order valence-corrected chi connectivity index (χ0v) is 24.2. The van der Waals surface area contributed by atoms with Gasteiger partial charge in [-0.25, -0.2) is 0 Å². The van der Waals surface area contributed by atoms with Crippen molar-refractivity contribution < 1.29 is 0 Å².